The monoisotopic (exact) mass is 261 g/mol. The summed E-state index contributed by atoms with van der Waals surface area (Å²) in [5.74, 6) is 0.175. The van der Waals surface area contributed by atoms with Crippen LogP contribution < -0.4 is 5.32 Å². The van der Waals surface area contributed by atoms with Crippen LogP contribution in [-0.2, 0) is 0 Å². The number of hydrogen-bond donors (Lipinski definition) is 1. The summed E-state index contributed by atoms with van der Waals surface area (Å²) in [5, 5.41) is 10.4. The molecule has 0 saturated carbocycles. The maximum atomic E-state index is 12.0. The van der Waals surface area contributed by atoms with Crippen molar-refractivity contribution in [3.63, 3.8) is 0 Å². The molecule has 2 rings (SSSR count). The van der Waals surface area contributed by atoms with Gasteiger partial charge in [0.05, 0.1) is 0 Å². The molecule has 0 aliphatic heterocycles. The summed E-state index contributed by atoms with van der Waals surface area (Å²) in [6, 6.07) is 8.84. The molecule has 92 valence electrons. The van der Waals surface area contributed by atoms with Crippen LogP contribution in [0.15, 0.2) is 30.3 Å². The van der Waals surface area contributed by atoms with Crippen LogP contribution in [0.4, 0.5) is 5.82 Å². The number of nitrogens with one attached hydrogen (secondary N) is 1. The average molecular weight is 262 g/mol. The molecule has 0 spiro atoms. The van der Waals surface area contributed by atoms with Gasteiger partial charge in [-0.25, -0.2) is 0 Å². The maximum absolute atomic E-state index is 12.0. The Balaban J connectivity index is 2.19. The maximum Gasteiger partial charge on any atom is 0.257 e. The summed E-state index contributed by atoms with van der Waals surface area (Å²) in [6.45, 7) is 3.88. The zero-order chi connectivity index (χ0) is 13.1. The Labute approximate surface area is 110 Å². The minimum absolute atomic E-state index is 0.205. The van der Waals surface area contributed by atoms with Crippen LogP contribution in [0.3, 0.4) is 0 Å². The molecule has 1 aromatic heterocycles. The largest absolute Gasteiger partial charge is 0.305 e. The quantitative estimate of drug-likeness (QED) is 0.904. The van der Waals surface area contributed by atoms with E-state index in [1.165, 1.54) is 0 Å². The van der Waals surface area contributed by atoms with E-state index in [9.17, 15) is 4.79 Å². The van der Waals surface area contributed by atoms with Crippen molar-refractivity contribution in [2.24, 2.45) is 0 Å². The Kier molecular flexibility index (Phi) is 3.58. The van der Waals surface area contributed by atoms with Crippen molar-refractivity contribution in [3.05, 3.63) is 52.2 Å². The van der Waals surface area contributed by atoms with Crippen molar-refractivity contribution in [3.8, 4) is 0 Å². The van der Waals surface area contributed by atoms with E-state index >= 15 is 0 Å². The van der Waals surface area contributed by atoms with Gasteiger partial charge in [-0.05, 0) is 37.6 Å². The first-order valence-corrected chi connectivity index (χ1v) is 5.82. The van der Waals surface area contributed by atoms with E-state index in [2.05, 4.69) is 15.5 Å². The van der Waals surface area contributed by atoms with Crippen molar-refractivity contribution in [1.82, 2.24) is 10.2 Å². The molecule has 4 nitrogen and oxygen atoms in total. The van der Waals surface area contributed by atoms with E-state index in [1.807, 2.05) is 26.0 Å². The molecule has 0 atom stereocenters. The zero-order valence-corrected chi connectivity index (χ0v) is 10.8. The van der Waals surface area contributed by atoms with Crippen LogP contribution in [0.25, 0.3) is 0 Å². The number of carbonyl (C=O) groups is 1. The predicted octanol–water partition coefficient (Wildman–Crippen LogP) is 3.00. The molecule has 0 radical (unpaired) electrons. The number of rotatable bonds is 2. The lowest BCUT2D eigenvalue weighted by Gasteiger charge is -2.07. The summed E-state index contributed by atoms with van der Waals surface area (Å²) in [4.78, 5) is 12.0. The smallest absolute Gasteiger partial charge is 0.257 e. The van der Waals surface area contributed by atoms with Gasteiger partial charge in [-0.2, -0.15) is 0 Å². The summed E-state index contributed by atoms with van der Waals surface area (Å²) >= 11 is 5.62. The minimum atomic E-state index is -0.205. The zero-order valence-electron chi connectivity index (χ0n) is 10.1. The fourth-order valence-corrected chi connectivity index (χ4v) is 1.74. The van der Waals surface area contributed by atoms with Crippen LogP contribution in [0.5, 0.6) is 0 Å². The molecule has 5 heteroatoms. The first kappa shape index (κ1) is 12.5. The molecule has 0 unspecified atom stereocenters. The molecule has 0 aliphatic rings. The van der Waals surface area contributed by atoms with Crippen LogP contribution >= 0.6 is 11.6 Å². The summed E-state index contributed by atoms with van der Waals surface area (Å²) in [7, 11) is 0. The van der Waals surface area contributed by atoms with Gasteiger partial charge < -0.3 is 5.32 Å². The molecule has 1 N–H and O–H groups in total. The number of hydrogen-bond acceptors (Lipinski definition) is 3. The molecule has 1 aromatic carbocycles. The van der Waals surface area contributed by atoms with E-state index in [-0.39, 0.29) is 5.91 Å². The fourth-order valence-electron chi connectivity index (χ4n) is 1.63. The highest BCUT2D eigenvalue weighted by atomic mass is 35.5. The number of nitrogens with zero attached hydrogens (tertiary/aromatic N) is 2. The standard InChI is InChI=1S/C13H12ClN3O/c1-8-3-4-10(9(2)7-8)13(18)15-12-6-5-11(14)16-17-12/h3-7H,1-2H3,(H,15,17,18). The highest BCUT2D eigenvalue weighted by Gasteiger charge is 2.09. The molecular formula is C13H12ClN3O. The molecule has 18 heavy (non-hydrogen) atoms. The van der Waals surface area contributed by atoms with E-state index in [0.29, 0.717) is 16.5 Å². The number of aromatic nitrogens is 2. The normalized spacial score (nSPS) is 10.2. The number of carbonyl (C=O) groups excluding carboxylic acids is 1. The van der Waals surface area contributed by atoms with Crippen molar-refractivity contribution in [2.45, 2.75) is 13.8 Å². The van der Waals surface area contributed by atoms with Gasteiger partial charge in [0.1, 0.15) is 0 Å². The Morgan fingerprint density at radius 3 is 2.56 bits per heavy atom. The minimum Gasteiger partial charge on any atom is -0.305 e. The molecule has 0 aliphatic carbocycles. The second-order valence-electron chi connectivity index (χ2n) is 4.01. The van der Waals surface area contributed by atoms with Gasteiger partial charge in [0, 0.05) is 5.56 Å². The number of halogens is 1. The number of anilines is 1. The molecule has 0 fully saturated rings. The highest BCUT2D eigenvalue weighted by Crippen LogP contribution is 2.13. The molecule has 2 aromatic rings. The van der Waals surface area contributed by atoms with Gasteiger partial charge in [0.25, 0.3) is 5.91 Å². The topological polar surface area (TPSA) is 54.9 Å². The van der Waals surface area contributed by atoms with Crippen LogP contribution in [-0.4, -0.2) is 16.1 Å². The molecule has 1 amide bonds. The number of benzene rings is 1. The Hall–Kier alpha value is -1.94. The Morgan fingerprint density at radius 1 is 1.17 bits per heavy atom. The van der Waals surface area contributed by atoms with E-state index in [4.69, 9.17) is 11.6 Å². The fraction of sp³-hybridized carbons (Fsp3) is 0.154. The van der Waals surface area contributed by atoms with Gasteiger partial charge in [0.15, 0.2) is 11.0 Å². The molecule has 1 heterocycles. The van der Waals surface area contributed by atoms with Crippen LogP contribution in [0.2, 0.25) is 5.15 Å². The van der Waals surface area contributed by atoms with Gasteiger partial charge in [-0.15, -0.1) is 10.2 Å². The summed E-state index contributed by atoms with van der Waals surface area (Å²) in [6.07, 6.45) is 0. The van der Waals surface area contributed by atoms with E-state index in [1.54, 1.807) is 18.2 Å². The summed E-state index contributed by atoms with van der Waals surface area (Å²) < 4.78 is 0. The first-order chi connectivity index (χ1) is 8.56. The average Bonchev–Trinajstić information content (AvgIpc) is 2.32. The van der Waals surface area contributed by atoms with Crippen LogP contribution in [0.1, 0.15) is 21.5 Å². The summed E-state index contributed by atoms with van der Waals surface area (Å²) in [5.41, 5.74) is 2.67. The first-order valence-electron chi connectivity index (χ1n) is 5.44. The van der Waals surface area contributed by atoms with Crippen molar-refractivity contribution < 1.29 is 4.79 Å². The SMILES string of the molecule is Cc1ccc(C(=O)Nc2ccc(Cl)nn2)c(C)c1. The lowest BCUT2D eigenvalue weighted by Crippen LogP contribution is -2.14. The second kappa shape index (κ2) is 5.14. The number of amides is 1. The third-order valence-corrected chi connectivity index (χ3v) is 2.70. The molecule has 0 bridgehead atoms. The lowest BCUT2D eigenvalue weighted by molar-refractivity contribution is 0.102. The van der Waals surface area contributed by atoms with Gasteiger partial charge in [-0.1, -0.05) is 29.3 Å². The molecular weight excluding hydrogens is 250 g/mol. The third kappa shape index (κ3) is 2.84. The highest BCUT2D eigenvalue weighted by molar-refractivity contribution is 6.29. The Bertz CT molecular complexity index is 581. The second-order valence-corrected chi connectivity index (χ2v) is 4.40. The van der Waals surface area contributed by atoms with Gasteiger partial charge in [-0.3, -0.25) is 4.79 Å². The predicted molar refractivity (Wildman–Crippen MR) is 70.9 cm³/mol. The molecule has 0 saturated heterocycles. The Morgan fingerprint density at radius 2 is 1.94 bits per heavy atom. The van der Waals surface area contributed by atoms with Crippen molar-refractivity contribution in [2.75, 3.05) is 5.32 Å². The van der Waals surface area contributed by atoms with Crippen molar-refractivity contribution >= 4 is 23.3 Å². The lowest BCUT2D eigenvalue weighted by atomic mass is 10.1. The number of aryl methyl sites for hydroxylation is 2. The van der Waals surface area contributed by atoms with Gasteiger partial charge >= 0.3 is 0 Å². The third-order valence-electron chi connectivity index (χ3n) is 2.50. The van der Waals surface area contributed by atoms with E-state index < -0.39 is 0 Å². The van der Waals surface area contributed by atoms with Crippen molar-refractivity contribution in [1.29, 1.82) is 0 Å². The van der Waals surface area contributed by atoms with E-state index in [0.717, 1.165) is 11.1 Å². The van der Waals surface area contributed by atoms with Gasteiger partial charge in [0.2, 0.25) is 0 Å². The van der Waals surface area contributed by atoms with Crippen LogP contribution in [0, 0.1) is 13.8 Å².